The van der Waals surface area contributed by atoms with Crippen LogP contribution in [0.15, 0.2) is 42.5 Å². The lowest BCUT2D eigenvalue weighted by Crippen LogP contribution is -2.09. The van der Waals surface area contributed by atoms with Crippen LogP contribution in [-0.2, 0) is 10.9 Å². The van der Waals surface area contributed by atoms with Gasteiger partial charge in [-0.3, -0.25) is 0 Å². The third kappa shape index (κ3) is 3.42. The molecule has 0 saturated carbocycles. The Bertz CT molecular complexity index is 675. The van der Waals surface area contributed by atoms with E-state index in [1.54, 1.807) is 18.2 Å². The number of benzene rings is 2. The molecule has 2 aromatic carbocycles. The summed E-state index contributed by atoms with van der Waals surface area (Å²) in [6.45, 7) is 1.85. The van der Waals surface area contributed by atoms with E-state index in [1.165, 1.54) is 6.07 Å². The van der Waals surface area contributed by atoms with Crippen molar-refractivity contribution in [3.63, 3.8) is 0 Å². The molecule has 0 fully saturated rings. The minimum absolute atomic E-state index is 0.121. The third-order valence-corrected chi connectivity index (χ3v) is 3.03. The Morgan fingerprint density at radius 2 is 1.76 bits per heavy atom. The van der Waals surface area contributed by atoms with E-state index in [2.05, 4.69) is 4.74 Å². The molecule has 0 radical (unpaired) electrons. The number of methoxy groups -OCH3 is 1. The second-order valence-electron chi connectivity index (χ2n) is 4.66. The number of carbonyl (C=O) groups excluding carboxylic acids is 1. The zero-order valence-corrected chi connectivity index (χ0v) is 11.5. The Kier molecular flexibility index (Phi) is 4.02. The second-order valence-corrected chi connectivity index (χ2v) is 4.66. The highest BCUT2D eigenvalue weighted by molar-refractivity contribution is 5.91. The average Bonchev–Trinajstić information content (AvgIpc) is 2.45. The summed E-state index contributed by atoms with van der Waals surface area (Å²) in [6.07, 6.45) is -4.53. The second kappa shape index (κ2) is 5.60. The van der Waals surface area contributed by atoms with Gasteiger partial charge in [0.1, 0.15) is 0 Å². The molecule has 21 heavy (non-hydrogen) atoms. The number of hydrogen-bond donors (Lipinski definition) is 0. The van der Waals surface area contributed by atoms with E-state index in [4.69, 9.17) is 0 Å². The summed E-state index contributed by atoms with van der Waals surface area (Å²) < 4.78 is 43.4. The first kappa shape index (κ1) is 15.1. The van der Waals surface area contributed by atoms with Gasteiger partial charge in [-0.2, -0.15) is 13.2 Å². The summed E-state index contributed by atoms with van der Waals surface area (Å²) in [5.74, 6) is -0.796. The van der Waals surface area contributed by atoms with Crippen molar-refractivity contribution in [3.8, 4) is 11.1 Å². The van der Waals surface area contributed by atoms with Crippen LogP contribution in [0.4, 0.5) is 13.2 Å². The maximum atomic E-state index is 13.0. The zero-order valence-electron chi connectivity index (χ0n) is 11.5. The number of aryl methyl sites for hydroxylation is 1. The minimum Gasteiger partial charge on any atom is -0.465 e. The van der Waals surface area contributed by atoms with E-state index in [0.29, 0.717) is 11.1 Å². The van der Waals surface area contributed by atoms with Crippen LogP contribution >= 0.6 is 0 Å². The standard InChI is InChI=1S/C16H13F3O2/c1-10-4-3-5-11(6-10)12-7-13(15(20)21-2)9-14(8-12)16(17,18)19/h3-9H,1-2H3. The maximum absolute atomic E-state index is 13.0. The SMILES string of the molecule is COC(=O)c1cc(-c2cccc(C)c2)cc(C(F)(F)F)c1. The predicted octanol–water partition coefficient (Wildman–Crippen LogP) is 4.47. The highest BCUT2D eigenvalue weighted by Gasteiger charge is 2.32. The third-order valence-electron chi connectivity index (χ3n) is 3.03. The summed E-state index contributed by atoms with van der Waals surface area (Å²) in [6, 6.07) is 10.3. The lowest BCUT2D eigenvalue weighted by atomic mass is 9.98. The van der Waals surface area contributed by atoms with Crippen LogP contribution < -0.4 is 0 Å². The van der Waals surface area contributed by atoms with Crippen molar-refractivity contribution in [2.75, 3.05) is 7.11 Å². The van der Waals surface area contributed by atoms with E-state index >= 15 is 0 Å². The number of ether oxygens (including phenoxy) is 1. The fourth-order valence-corrected chi connectivity index (χ4v) is 2.02. The first-order valence-corrected chi connectivity index (χ1v) is 6.19. The lowest BCUT2D eigenvalue weighted by Gasteiger charge is -2.12. The number of rotatable bonds is 2. The van der Waals surface area contributed by atoms with E-state index in [0.717, 1.165) is 24.8 Å². The van der Waals surface area contributed by atoms with Crippen LogP contribution in [0.5, 0.6) is 0 Å². The minimum atomic E-state index is -4.53. The van der Waals surface area contributed by atoms with Gasteiger partial charge < -0.3 is 4.74 Å². The first-order valence-electron chi connectivity index (χ1n) is 6.19. The van der Waals surface area contributed by atoms with E-state index in [9.17, 15) is 18.0 Å². The van der Waals surface area contributed by atoms with Gasteiger partial charge in [0.25, 0.3) is 0 Å². The molecule has 2 rings (SSSR count). The molecule has 0 heterocycles. The molecule has 2 aromatic rings. The van der Waals surface area contributed by atoms with E-state index in [1.807, 2.05) is 13.0 Å². The highest BCUT2D eigenvalue weighted by Crippen LogP contribution is 2.33. The number of carbonyl (C=O) groups is 1. The molecule has 0 aliphatic heterocycles. The van der Waals surface area contributed by atoms with Crippen molar-refractivity contribution in [1.82, 2.24) is 0 Å². The fraction of sp³-hybridized carbons (Fsp3) is 0.188. The van der Waals surface area contributed by atoms with E-state index in [-0.39, 0.29) is 5.56 Å². The molecule has 0 atom stereocenters. The van der Waals surface area contributed by atoms with Crippen molar-refractivity contribution in [1.29, 1.82) is 0 Å². The lowest BCUT2D eigenvalue weighted by molar-refractivity contribution is -0.137. The highest BCUT2D eigenvalue weighted by atomic mass is 19.4. The summed E-state index contributed by atoms with van der Waals surface area (Å²) in [7, 11) is 1.13. The van der Waals surface area contributed by atoms with Gasteiger partial charge in [-0.15, -0.1) is 0 Å². The van der Waals surface area contributed by atoms with Gasteiger partial charge in [-0.05, 0) is 36.2 Å². The molecule has 110 valence electrons. The fourth-order valence-electron chi connectivity index (χ4n) is 2.02. The van der Waals surface area contributed by atoms with Crippen LogP contribution in [-0.4, -0.2) is 13.1 Å². The summed E-state index contributed by atoms with van der Waals surface area (Å²) in [4.78, 5) is 11.6. The van der Waals surface area contributed by atoms with Gasteiger partial charge in [0, 0.05) is 0 Å². The number of hydrogen-bond acceptors (Lipinski definition) is 2. The molecule has 0 amide bonds. The van der Waals surface area contributed by atoms with Crippen LogP contribution in [0.3, 0.4) is 0 Å². The molecule has 0 saturated heterocycles. The normalized spacial score (nSPS) is 11.3. The maximum Gasteiger partial charge on any atom is 0.416 e. The summed E-state index contributed by atoms with van der Waals surface area (Å²) in [5, 5.41) is 0. The van der Waals surface area contributed by atoms with Gasteiger partial charge in [0.05, 0.1) is 18.2 Å². The van der Waals surface area contributed by atoms with Gasteiger partial charge in [0.2, 0.25) is 0 Å². The van der Waals surface area contributed by atoms with Crippen LogP contribution in [0, 0.1) is 6.92 Å². The van der Waals surface area contributed by atoms with Crippen LogP contribution in [0.1, 0.15) is 21.5 Å². The molecule has 5 heteroatoms. The van der Waals surface area contributed by atoms with E-state index < -0.39 is 17.7 Å². The molecule has 2 nitrogen and oxygen atoms in total. The largest absolute Gasteiger partial charge is 0.465 e. The molecule has 0 N–H and O–H groups in total. The molecule has 0 aromatic heterocycles. The smallest absolute Gasteiger partial charge is 0.416 e. The van der Waals surface area contributed by atoms with Gasteiger partial charge >= 0.3 is 12.1 Å². The Balaban J connectivity index is 2.63. The van der Waals surface area contributed by atoms with Gasteiger partial charge in [-0.1, -0.05) is 29.8 Å². The van der Waals surface area contributed by atoms with Crippen molar-refractivity contribution < 1.29 is 22.7 Å². The molecule has 0 aliphatic rings. The van der Waals surface area contributed by atoms with Crippen molar-refractivity contribution >= 4 is 5.97 Å². The quantitative estimate of drug-likeness (QED) is 0.764. The Morgan fingerprint density at radius 1 is 1.05 bits per heavy atom. The van der Waals surface area contributed by atoms with Crippen LogP contribution in [0.2, 0.25) is 0 Å². The van der Waals surface area contributed by atoms with Crippen molar-refractivity contribution in [2.24, 2.45) is 0 Å². The molecular weight excluding hydrogens is 281 g/mol. The Labute approximate surface area is 120 Å². The Morgan fingerprint density at radius 3 is 2.33 bits per heavy atom. The van der Waals surface area contributed by atoms with Crippen molar-refractivity contribution in [3.05, 3.63) is 59.2 Å². The number of alkyl halides is 3. The molecule has 0 bridgehead atoms. The topological polar surface area (TPSA) is 26.3 Å². The van der Waals surface area contributed by atoms with Crippen LogP contribution in [0.25, 0.3) is 11.1 Å². The summed E-state index contributed by atoms with van der Waals surface area (Å²) in [5.41, 5.74) is 0.871. The Hall–Kier alpha value is -2.30. The predicted molar refractivity (Wildman–Crippen MR) is 73.0 cm³/mol. The molecule has 0 aliphatic carbocycles. The average molecular weight is 294 g/mol. The number of halogens is 3. The molecule has 0 spiro atoms. The zero-order chi connectivity index (χ0) is 15.6. The first-order chi connectivity index (χ1) is 9.81. The van der Waals surface area contributed by atoms with Gasteiger partial charge in [0.15, 0.2) is 0 Å². The van der Waals surface area contributed by atoms with Gasteiger partial charge in [-0.25, -0.2) is 4.79 Å². The number of esters is 1. The monoisotopic (exact) mass is 294 g/mol. The molecular formula is C16H13F3O2. The summed E-state index contributed by atoms with van der Waals surface area (Å²) >= 11 is 0. The molecule has 0 unspecified atom stereocenters. The van der Waals surface area contributed by atoms with Crippen molar-refractivity contribution in [2.45, 2.75) is 13.1 Å².